The molecule has 0 saturated carbocycles. The number of carbonyl (C=O) groups excluding carboxylic acids is 1. The van der Waals surface area contributed by atoms with Crippen LogP contribution in [0, 0.1) is 0 Å². The summed E-state index contributed by atoms with van der Waals surface area (Å²) in [6, 6.07) is 10.5. The van der Waals surface area contributed by atoms with Gasteiger partial charge in [-0.05, 0) is 5.56 Å². The van der Waals surface area contributed by atoms with Gasteiger partial charge in [-0.15, -0.1) is 0 Å². The molecule has 3 rings (SSSR count). The Hall–Kier alpha value is -3.35. The van der Waals surface area contributed by atoms with Crippen LogP contribution in [0.1, 0.15) is 16.1 Å². The normalized spacial score (nSPS) is 10.4. The average Bonchev–Trinajstić information content (AvgIpc) is 3.10. The fourth-order valence-electron chi connectivity index (χ4n) is 2.08. The maximum Gasteiger partial charge on any atom is 0.376 e. The lowest BCUT2D eigenvalue weighted by atomic mass is 10.2. The van der Waals surface area contributed by atoms with E-state index in [1.807, 2.05) is 30.3 Å². The van der Waals surface area contributed by atoms with Crippen LogP contribution in [0.3, 0.4) is 0 Å². The molecule has 2 heterocycles. The molecule has 0 aliphatic carbocycles. The number of ether oxygens (including phenoxy) is 2. The standard InChI is InChI=1S/C17H13NO6/c1-21-17(20)16-13(18-10-24-16)15-14(12(19)7-8-22-15)23-9-11-5-3-2-4-6-11/h2-8,10H,9H2,1H3. The molecule has 0 atom stereocenters. The lowest BCUT2D eigenvalue weighted by Gasteiger charge is -2.08. The Morgan fingerprint density at radius 3 is 2.71 bits per heavy atom. The zero-order valence-corrected chi connectivity index (χ0v) is 12.7. The third kappa shape index (κ3) is 3.05. The van der Waals surface area contributed by atoms with Crippen molar-refractivity contribution in [3.63, 3.8) is 0 Å². The number of esters is 1. The maximum absolute atomic E-state index is 12.1. The van der Waals surface area contributed by atoms with E-state index < -0.39 is 11.4 Å². The first-order chi connectivity index (χ1) is 11.7. The molecule has 0 fully saturated rings. The molecule has 3 aromatic rings. The van der Waals surface area contributed by atoms with E-state index in [0.717, 1.165) is 12.0 Å². The van der Waals surface area contributed by atoms with Crippen LogP contribution in [0.15, 0.2) is 62.7 Å². The molecular formula is C17H13NO6. The van der Waals surface area contributed by atoms with Crippen LogP contribution >= 0.6 is 0 Å². The summed E-state index contributed by atoms with van der Waals surface area (Å²) in [6.45, 7) is 0.161. The van der Waals surface area contributed by atoms with Gasteiger partial charge in [0.1, 0.15) is 6.61 Å². The van der Waals surface area contributed by atoms with Gasteiger partial charge in [0.25, 0.3) is 0 Å². The molecule has 0 aliphatic heterocycles. The third-order valence-electron chi connectivity index (χ3n) is 3.21. The first-order valence-corrected chi connectivity index (χ1v) is 7.01. The summed E-state index contributed by atoms with van der Waals surface area (Å²) in [5.41, 5.74) is 0.522. The van der Waals surface area contributed by atoms with Gasteiger partial charge >= 0.3 is 5.97 Å². The van der Waals surface area contributed by atoms with Gasteiger partial charge in [0, 0.05) is 6.07 Å². The van der Waals surface area contributed by atoms with Crippen molar-refractivity contribution in [3.05, 3.63) is 70.6 Å². The first kappa shape index (κ1) is 15.5. The van der Waals surface area contributed by atoms with Crippen molar-refractivity contribution in [1.29, 1.82) is 0 Å². The van der Waals surface area contributed by atoms with E-state index in [1.54, 1.807) is 0 Å². The molecule has 0 N–H and O–H groups in total. The Labute approximate surface area is 136 Å². The van der Waals surface area contributed by atoms with Gasteiger partial charge in [0.2, 0.25) is 22.7 Å². The second kappa shape index (κ2) is 6.82. The van der Waals surface area contributed by atoms with Crippen molar-refractivity contribution in [2.24, 2.45) is 0 Å². The van der Waals surface area contributed by atoms with Crippen LogP contribution < -0.4 is 10.2 Å². The predicted molar refractivity (Wildman–Crippen MR) is 82.6 cm³/mol. The van der Waals surface area contributed by atoms with Crippen molar-refractivity contribution in [2.45, 2.75) is 6.61 Å². The second-order valence-corrected chi connectivity index (χ2v) is 4.74. The van der Waals surface area contributed by atoms with Crippen LogP contribution in [-0.2, 0) is 11.3 Å². The number of oxazole rings is 1. The van der Waals surface area contributed by atoms with Crippen molar-refractivity contribution in [2.75, 3.05) is 7.11 Å². The Balaban J connectivity index is 1.98. The van der Waals surface area contributed by atoms with E-state index in [4.69, 9.17) is 13.6 Å². The second-order valence-electron chi connectivity index (χ2n) is 4.74. The summed E-state index contributed by atoms with van der Waals surface area (Å²) in [5, 5.41) is 0. The number of aromatic nitrogens is 1. The lowest BCUT2D eigenvalue weighted by molar-refractivity contribution is 0.0566. The summed E-state index contributed by atoms with van der Waals surface area (Å²) in [6.07, 6.45) is 2.26. The topological polar surface area (TPSA) is 91.8 Å². The minimum Gasteiger partial charge on any atom is -0.481 e. The number of methoxy groups -OCH3 is 1. The van der Waals surface area contributed by atoms with Crippen molar-refractivity contribution >= 4 is 5.97 Å². The number of nitrogens with zero attached hydrogens (tertiary/aromatic N) is 1. The fourth-order valence-corrected chi connectivity index (χ4v) is 2.08. The fraction of sp³-hybridized carbons (Fsp3) is 0.118. The van der Waals surface area contributed by atoms with Gasteiger partial charge in [-0.1, -0.05) is 30.3 Å². The molecule has 7 nitrogen and oxygen atoms in total. The lowest BCUT2D eigenvalue weighted by Crippen LogP contribution is -2.09. The Morgan fingerprint density at radius 2 is 1.96 bits per heavy atom. The van der Waals surface area contributed by atoms with Crippen LogP contribution in [0.5, 0.6) is 5.75 Å². The molecule has 0 amide bonds. The summed E-state index contributed by atoms with van der Waals surface area (Å²) in [7, 11) is 1.21. The van der Waals surface area contributed by atoms with Crippen molar-refractivity contribution < 1.29 is 23.1 Å². The van der Waals surface area contributed by atoms with Gasteiger partial charge in [0.05, 0.1) is 13.4 Å². The molecule has 0 bridgehead atoms. The van der Waals surface area contributed by atoms with Gasteiger partial charge in [-0.2, -0.15) is 0 Å². The van der Waals surface area contributed by atoms with E-state index in [2.05, 4.69) is 9.72 Å². The Morgan fingerprint density at radius 1 is 1.17 bits per heavy atom. The highest BCUT2D eigenvalue weighted by atomic mass is 16.5. The third-order valence-corrected chi connectivity index (χ3v) is 3.21. The van der Waals surface area contributed by atoms with Crippen molar-refractivity contribution in [3.8, 4) is 17.2 Å². The van der Waals surface area contributed by atoms with Crippen LogP contribution in [0.4, 0.5) is 0 Å². The Bertz CT molecular complexity index is 897. The number of carbonyl (C=O) groups is 1. The van der Waals surface area contributed by atoms with Gasteiger partial charge in [-0.25, -0.2) is 9.78 Å². The molecule has 0 spiro atoms. The van der Waals surface area contributed by atoms with Crippen molar-refractivity contribution in [1.82, 2.24) is 4.98 Å². The average molecular weight is 327 g/mol. The zero-order chi connectivity index (χ0) is 16.9. The molecule has 122 valence electrons. The molecule has 0 aliphatic rings. The smallest absolute Gasteiger partial charge is 0.376 e. The highest BCUT2D eigenvalue weighted by Crippen LogP contribution is 2.29. The number of hydrogen-bond acceptors (Lipinski definition) is 7. The summed E-state index contributed by atoms with van der Waals surface area (Å²) in [4.78, 5) is 27.8. The van der Waals surface area contributed by atoms with E-state index in [0.29, 0.717) is 0 Å². The minimum atomic E-state index is -0.733. The molecule has 24 heavy (non-hydrogen) atoms. The van der Waals surface area contributed by atoms with E-state index >= 15 is 0 Å². The number of benzene rings is 1. The van der Waals surface area contributed by atoms with Gasteiger partial charge in [0.15, 0.2) is 12.1 Å². The number of hydrogen-bond donors (Lipinski definition) is 0. The molecule has 0 saturated heterocycles. The monoisotopic (exact) mass is 327 g/mol. The van der Waals surface area contributed by atoms with Crippen LogP contribution in [0.25, 0.3) is 11.5 Å². The van der Waals surface area contributed by atoms with Crippen LogP contribution in [-0.4, -0.2) is 18.1 Å². The molecule has 7 heteroatoms. The Kier molecular flexibility index (Phi) is 4.42. The predicted octanol–water partition coefficient (Wildman–Crippen LogP) is 2.66. The molecule has 0 unspecified atom stereocenters. The van der Waals surface area contributed by atoms with E-state index in [9.17, 15) is 9.59 Å². The summed E-state index contributed by atoms with van der Waals surface area (Å²) in [5.74, 6) is -0.951. The molecule has 2 aromatic heterocycles. The zero-order valence-electron chi connectivity index (χ0n) is 12.7. The SMILES string of the molecule is COC(=O)c1ocnc1-c1occc(=O)c1OCc1ccccc1. The van der Waals surface area contributed by atoms with E-state index in [1.165, 1.54) is 19.4 Å². The van der Waals surface area contributed by atoms with Crippen LogP contribution in [0.2, 0.25) is 0 Å². The van der Waals surface area contributed by atoms with Gasteiger partial charge in [-0.3, -0.25) is 4.79 Å². The van der Waals surface area contributed by atoms with E-state index in [-0.39, 0.29) is 29.6 Å². The largest absolute Gasteiger partial charge is 0.481 e. The molecular weight excluding hydrogens is 314 g/mol. The highest BCUT2D eigenvalue weighted by Gasteiger charge is 2.25. The minimum absolute atomic E-state index is 0.00702. The first-order valence-electron chi connectivity index (χ1n) is 7.01. The molecule has 1 aromatic carbocycles. The summed E-state index contributed by atoms with van der Waals surface area (Å²) >= 11 is 0. The van der Waals surface area contributed by atoms with Gasteiger partial charge < -0.3 is 18.3 Å². The maximum atomic E-state index is 12.1. The molecule has 0 radical (unpaired) electrons. The number of rotatable bonds is 5. The summed E-state index contributed by atoms with van der Waals surface area (Å²) < 4.78 is 20.6. The quantitative estimate of drug-likeness (QED) is 0.665. The highest BCUT2D eigenvalue weighted by molar-refractivity contribution is 5.92.